The van der Waals surface area contributed by atoms with Crippen molar-refractivity contribution in [2.24, 2.45) is 5.73 Å². The van der Waals surface area contributed by atoms with Gasteiger partial charge in [0.05, 0.1) is 12.1 Å². The summed E-state index contributed by atoms with van der Waals surface area (Å²) in [5.41, 5.74) is 6.85. The van der Waals surface area contributed by atoms with E-state index in [1.165, 1.54) is 0 Å². The average molecular weight is 282 g/mol. The van der Waals surface area contributed by atoms with Crippen LogP contribution in [0.4, 0.5) is 0 Å². The second-order valence-corrected chi connectivity index (χ2v) is 5.25. The molecule has 0 aromatic heterocycles. The van der Waals surface area contributed by atoms with E-state index in [4.69, 9.17) is 10.5 Å². The Morgan fingerprint density at radius 2 is 2.11 bits per heavy atom. The molecule has 0 fully saturated rings. The summed E-state index contributed by atoms with van der Waals surface area (Å²) in [4.78, 5) is 11.8. The van der Waals surface area contributed by atoms with Gasteiger partial charge in [0.2, 0.25) is 5.91 Å². The molecule has 0 aliphatic rings. The zero-order valence-electron chi connectivity index (χ0n) is 11.5. The van der Waals surface area contributed by atoms with Crippen molar-refractivity contribution >= 4 is 17.7 Å². The summed E-state index contributed by atoms with van der Waals surface area (Å²) >= 11 is 1.69. The standard InChI is InChI=1S/C14H22N2O2S/c1-18-13(11-6-4-3-5-7-11)10-16-14(17)12(15)8-9-19-2/h3-7,12-13H,8-10,15H2,1-2H3,(H,16,17)/t12-,13?/m0/s1. The molecule has 0 spiro atoms. The van der Waals surface area contributed by atoms with Crippen LogP contribution in [0.5, 0.6) is 0 Å². The summed E-state index contributed by atoms with van der Waals surface area (Å²) in [6, 6.07) is 9.37. The lowest BCUT2D eigenvalue weighted by atomic mass is 10.1. The van der Waals surface area contributed by atoms with Gasteiger partial charge in [-0.15, -0.1) is 0 Å². The monoisotopic (exact) mass is 282 g/mol. The van der Waals surface area contributed by atoms with Crippen LogP contribution in [0.25, 0.3) is 0 Å². The molecule has 0 bridgehead atoms. The van der Waals surface area contributed by atoms with E-state index in [-0.39, 0.29) is 12.0 Å². The molecule has 1 aromatic carbocycles. The van der Waals surface area contributed by atoms with Gasteiger partial charge in [-0.25, -0.2) is 0 Å². The van der Waals surface area contributed by atoms with Crippen molar-refractivity contribution in [3.05, 3.63) is 35.9 Å². The van der Waals surface area contributed by atoms with Gasteiger partial charge in [-0.3, -0.25) is 4.79 Å². The molecule has 0 radical (unpaired) electrons. The number of amides is 1. The van der Waals surface area contributed by atoms with E-state index in [9.17, 15) is 4.79 Å². The second-order valence-electron chi connectivity index (χ2n) is 4.27. The molecule has 1 unspecified atom stereocenters. The van der Waals surface area contributed by atoms with Gasteiger partial charge in [0.25, 0.3) is 0 Å². The lowest BCUT2D eigenvalue weighted by Gasteiger charge is -2.18. The van der Waals surface area contributed by atoms with Crippen molar-refractivity contribution in [1.29, 1.82) is 0 Å². The van der Waals surface area contributed by atoms with Gasteiger partial charge in [0.1, 0.15) is 0 Å². The number of carbonyl (C=O) groups is 1. The molecular formula is C14H22N2O2S. The lowest BCUT2D eigenvalue weighted by Crippen LogP contribution is -2.42. The first-order chi connectivity index (χ1) is 9.19. The van der Waals surface area contributed by atoms with E-state index >= 15 is 0 Å². The Kier molecular flexibility index (Phi) is 7.55. The van der Waals surface area contributed by atoms with Crippen LogP contribution in [0.3, 0.4) is 0 Å². The van der Waals surface area contributed by atoms with Gasteiger partial charge in [-0.2, -0.15) is 11.8 Å². The van der Waals surface area contributed by atoms with Gasteiger partial charge in [0, 0.05) is 13.7 Å². The van der Waals surface area contributed by atoms with Crippen LogP contribution in [0, 0.1) is 0 Å². The van der Waals surface area contributed by atoms with Crippen LogP contribution in [0.15, 0.2) is 30.3 Å². The quantitative estimate of drug-likeness (QED) is 0.759. The molecule has 1 amide bonds. The van der Waals surface area contributed by atoms with Crippen LogP contribution >= 0.6 is 11.8 Å². The van der Waals surface area contributed by atoms with E-state index in [0.29, 0.717) is 13.0 Å². The Morgan fingerprint density at radius 3 is 2.68 bits per heavy atom. The number of hydrogen-bond donors (Lipinski definition) is 2. The summed E-state index contributed by atoms with van der Waals surface area (Å²) in [7, 11) is 1.64. The van der Waals surface area contributed by atoms with Gasteiger partial charge in [0.15, 0.2) is 0 Å². The number of methoxy groups -OCH3 is 1. The summed E-state index contributed by atoms with van der Waals surface area (Å²) in [5.74, 6) is 0.771. The molecule has 0 aliphatic carbocycles. The van der Waals surface area contributed by atoms with Crippen LogP contribution in [0.2, 0.25) is 0 Å². The minimum atomic E-state index is -0.444. The molecule has 0 saturated heterocycles. The SMILES string of the molecule is COC(CNC(=O)[C@@H](N)CCSC)c1ccccc1. The van der Waals surface area contributed by atoms with Crippen LogP contribution in [0.1, 0.15) is 18.1 Å². The van der Waals surface area contributed by atoms with Crippen LogP contribution in [-0.2, 0) is 9.53 Å². The maximum atomic E-state index is 11.8. The number of nitrogens with two attached hydrogens (primary N) is 1. The predicted octanol–water partition coefficient (Wildman–Crippen LogP) is 1.57. The first kappa shape index (κ1) is 16.0. The first-order valence-corrected chi connectivity index (χ1v) is 7.68. The van der Waals surface area contributed by atoms with E-state index < -0.39 is 6.04 Å². The third-order valence-corrected chi connectivity index (χ3v) is 3.53. The van der Waals surface area contributed by atoms with E-state index in [2.05, 4.69) is 5.32 Å². The number of benzene rings is 1. The molecule has 1 aromatic rings. The van der Waals surface area contributed by atoms with Gasteiger partial charge in [-0.05, 0) is 24.0 Å². The Balaban J connectivity index is 2.43. The van der Waals surface area contributed by atoms with Gasteiger partial charge < -0.3 is 15.8 Å². The smallest absolute Gasteiger partial charge is 0.237 e. The fraction of sp³-hybridized carbons (Fsp3) is 0.500. The van der Waals surface area contributed by atoms with Gasteiger partial charge in [-0.1, -0.05) is 30.3 Å². The third-order valence-electron chi connectivity index (χ3n) is 2.89. The van der Waals surface area contributed by atoms with E-state index in [1.54, 1.807) is 18.9 Å². The molecule has 0 heterocycles. The number of ether oxygens (including phenoxy) is 1. The molecule has 3 N–H and O–H groups in total. The summed E-state index contributed by atoms with van der Waals surface area (Å²) in [6.07, 6.45) is 2.55. The Labute approximate surface area is 119 Å². The van der Waals surface area contributed by atoms with Crippen LogP contribution in [-0.4, -0.2) is 37.6 Å². The Hall–Kier alpha value is -1.04. The van der Waals surface area contributed by atoms with Crippen molar-refractivity contribution < 1.29 is 9.53 Å². The summed E-state index contributed by atoms with van der Waals surface area (Å²) in [5, 5.41) is 2.84. The zero-order valence-corrected chi connectivity index (χ0v) is 12.3. The number of hydrogen-bond acceptors (Lipinski definition) is 4. The summed E-state index contributed by atoms with van der Waals surface area (Å²) < 4.78 is 5.39. The Morgan fingerprint density at radius 1 is 1.42 bits per heavy atom. The highest BCUT2D eigenvalue weighted by atomic mass is 32.2. The van der Waals surface area contributed by atoms with E-state index in [0.717, 1.165) is 11.3 Å². The van der Waals surface area contributed by atoms with Gasteiger partial charge >= 0.3 is 0 Å². The topological polar surface area (TPSA) is 64.3 Å². The van der Waals surface area contributed by atoms with Crippen molar-refractivity contribution in [2.45, 2.75) is 18.6 Å². The fourth-order valence-electron chi connectivity index (χ4n) is 1.71. The third kappa shape index (κ3) is 5.63. The number of rotatable bonds is 8. The average Bonchev–Trinajstić information content (AvgIpc) is 2.46. The molecule has 2 atom stereocenters. The molecule has 106 valence electrons. The fourth-order valence-corrected chi connectivity index (χ4v) is 2.19. The maximum Gasteiger partial charge on any atom is 0.237 e. The second kappa shape index (κ2) is 8.96. The highest BCUT2D eigenvalue weighted by Gasteiger charge is 2.16. The Bertz CT molecular complexity index is 373. The van der Waals surface area contributed by atoms with Crippen molar-refractivity contribution in [2.75, 3.05) is 25.7 Å². The minimum Gasteiger partial charge on any atom is -0.375 e. The number of carbonyl (C=O) groups excluding carboxylic acids is 1. The molecule has 1 rings (SSSR count). The number of thioether (sulfide) groups is 1. The summed E-state index contributed by atoms with van der Waals surface area (Å²) in [6.45, 7) is 0.437. The minimum absolute atomic E-state index is 0.118. The highest BCUT2D eigenvalue weighted by molar-refractivity contribution is 7.98. The molecule has 19 heavy (non-hydrogen) atoms. The molecule has 0 aliphatic heterocycles. The highest BCUT2D eigenvalue weighted by Crippen LogP contribution is 2.14. The van der Waals surface area contributed by atoms with Crippen LogP contribution < -0.4 is 11.1 Å². The van der Waals surface area contributed by atoms with E-state index in [1.807, 2.05) is 36.6 Å². The predicted molar refractivity (Wildman–Crippen MR) is 80.2 cm³/mol. The maximum absolute atomic E-state index is 11.8. The number of nitrogens with one attached hydrogen (secondary N) is 1. The largest absolute Gasteiger partial charge is 0.375 e. The molecule has 0 saturated carbocycles. The zero-order chi connectivity index (χ0) is 14.1. The molecule has 5 heteroatoms. The van der Waals surface area contributed by atoms with Crippen molar-refractivity contribution in [3.63, 3.8) is 0 Å². The van der Waals surface area contributed by atoms with Crippen molar-refractivity contribution in [3.8, 4) is 0 Å². The molecule has 4 nitrogen and oxygen atoms in total. The molecular weight excluding hydrogens is 260 g/mol. The first-order valence-electron chi connectivity index (χ1n) is 6.29. The lowest BCUT2D eigenvalue weighted by molar-refractivity contribution is -0.122. The van der Waals surface area contributed by atoms with Crippen molar-refractivity contribution in [1.82, 2.24) is 5.32 Å². The normalized spacial score (nSPS) is 13.8.